The van der Waals surface area contributed by atoms with E-state index in [1.165, 1.54) is 5.56 Å². The Morgan fingerprint density at radius 1 is 0.833 bits per heavy atom. The number of amidine groups is 1. The Morgan fingerprint density at radius 3 is 2.50 bits per heavy atom. The van der Waals surface area contributed by atoms with Crippen LogP contribution in [0, 0.1) is 0 Å². The van der Waals surface area contributed by atoms with Gasteiger partial charge in [-0.3, -0.25) is 4.99 Å². The van der Waals surface area contributed by atoms with Gasteiger partial charge in [-0.2, -0.15) is 0 Å². The maximum atomic E-state index is 5.54. The number of ether oxygens (including phenoxy) is 1. The standard InChI is InChI=1S/C25H22N4O/c1-30-22-15-7-5-13-20(22)25-27-21-14-6-4-12-19(21)24(29-25)28-23-18-11-3-2-9-17(18)10-8-16-26-23/h2-7,9,11-15H,8,10,16H2,1H3,(H,26,27,28,29). The average molecular weight is 394 g/mol. The third-order valence-corrected chi connectivity index (χ3v) is 5.33. The number of fused-ring (bicyclic) bond motifs is 2. The second-order valence-corrected chi connectivity index (χ2v) is 7.23. The fourth-order valence-electron chi connectivity index (χ4n) is 3.86. The van der Waals surface area contributed by atoms with Crippen molar-refractivity contribution in [3.63, 3.8) is 0 Å². The average Bonchev–Trinajstić information content (AvgIpc) is 3.01. The number of rotatable bonds is 3. The lowest BCUT2D eigenvalue weighted by Crippen LogP contribution is -2.16. The minimum Gasteiger partial charge on any atom is -0.496 e. The lowest BCUT2D eigenvalue weighted by molar-refractivity contribution is 0.416. The van der Waals surface area contributed by atoms with Crippen molar-refractivity contribution < 1.29 is 4.74 Å². The molecule has 0 atom stereocenters. The summed E-state index contributed by atoms with van der Waals surface area (Å²) < 4.78 is 5.54. The van der Waals surface area contributed by atoms with Crippen LogP contribution in [0.3, 0.4) is 0 Å². The van der Waals surface area contributed by atoms with Crippen molar-refractivity contribution in [1.29, 1.82) is 0 Å². The van der Waals surface area contributed by atoms with Gasteiger partial charge in [0.15, 0.2) is 5.82 Å². The van der Waals surface area contributed by atoms with Crippen molar-refractivity contribution in [2.24, 2.45) is 4.99 Å². The van der Waals surface area contributed by atoms with Gasteiger partial charge in [-0.1, -0.05) is 48.5 Å². The lowest BCUT2D eigenvalue weighted by atomic mass is 10.0. The van der Waals surface area contributed by atoms with E-state index in [0.29, 0.717) is 5.82 Å². The molecule has 1 aromatic heterocycles. The van der Waals surface area contributed by atoms with E-state index in [0.717, 1.165) is 58.8 Å². The molecular weight excluding hydrogens is 372 g/mol. The highest BCUT2D eigenvalue weighted by atomic mass is 16.5. The van der Waals surface area contributed by atoms with Crippen LogP contribution in [0.4, 0.5) is 5.82 Å². The minimum absolute atomic E-state index is 0.621. The van der Waals surface area contributed by atoms with Crippen molar-refractivity contribution >= 4 is 22.6 Å². The smallest absolute Gasteiger partial charge is 0.165 e. The quantitative estimate of drug-likeness (QED) is 0.525. The van der Waals surface area contributed by atoms with Crippen LogP contribution in [0.15, 0.2) is 77.8 Å². The highest BCUT2D eigenvalue weighted by molar-refractivity contribution is 6.12. The van der Waals surface area contributed by atoms with Crippen LogP contribution in [-0.2, 0) is 6.42 Å². The highest BCUT2D eigenvalue weighted by Crippen LogP contribution is 2.31. The maximum absolute atomic E-state index is 5.54. The molecule has 0 saturated heterocycles. The number of hydrogen-bond donors (Lipinski definition) is 1. The number of methoxy groups -OCH3 is 1. The molecule has 5 rings (SSSR count). The number of benzene rings is 3. The van der Waals surface area contributed by atoms with E-state index < -0.39 is 0 Å². The largest absolute Gasteiger partial charge is 0.496 e. The Bertz CT molecular complexity index is 1250. The molecular formula is C25H22N4O. The van der Waals surface area contributed by atoms with Gasteiger partial charge in [0, 0.05) is 17.5 Å². The molecule has 4 aromatic rings. The van der Waals surface area contributed by atoms with Crippen LogP contribution in [0.2, 0.25) is 0 Å². The van der Waals surface area contributed by atoms with Gasteiger partial charge in [-0.15, -0.1) is 0 Å². The second kappa shape index (κ2) is 7.95. The first-order chi connectivity index (χ1) is 14.8. The molecule has 0 bridgehead atoms. The molecule has 5 nitrogen and oxygen atoms in total. The molecule has 1 N–H and O–H groups in total. The van der Waals surface area contributed by atoms with Gasteiger partial charge in [0.25, 0.3) is 0 Å². The summed E-state index contributed by atoms with van der Waals surface area (Å²) >= 11 is 0. The van der Waals surface area contributed by atoms with Gasteiger partial charge in [0.2, 0.25) is 0 Å². The molecule has 5 heteroatoms. The van der Waals surface area contributed by atoms with Gasteiger partial charge in [0.05, 0.1) is 18.2 Å². The van der Waals surface area contributed by atoms with Crippen molar-refractivity contribution in [3.8, 4) is 17.1 Å². The number of hydrogen-bond acceptors (Lipinski definition) is 5. The molecule has 3 aromatic carbocycles. The molecule has 1 aliphatic rings. The number of anilines is 1. The molecule has 2 heterocycles. The van der Waals surface area contributed by atoms with E-state index in [9.17, 15) is 0 Å². The summed E-state index contributed by atoms with van der Waals surface area (Å²) in [5.41, 5.74) is 4.18. The summed E-state index contributed by atoms with van der Waals surface area (Å²) in [5.74, 6) is 2.97. The van der Waals surface area contributed by atoms with Gasteiger partial charge >= 0.3 is 0 Å². The van der Waals surface area contributed by atoms with E-state index >= 15 is 0 Å². The highest BCUT2D eigenvalue weighted by Gasteiger charge is 2.17. The van der Waals surface area contributed by atoms with Crippen LogP contribution < -0.4 is 10.1 Å². The van der Waals surface area contributed by atoms with Crippen molar-refractivity contribution in [2.45, 2.75) is 12.8 Å². The number of aromatic nitrogens is 2. The number of nitrogens with zero attached hydrogens (tertiary/aromatic N) is 3. The van der Waals surface area contributed by atoms with Gasteiger partial charge in [-0.05, 0) is 42.7 Å². The van der Waals surface area contributed by atoms with Crippen LogP contribution >= 0.6 is 0 Å². The summed E-state index contributed by atoms with van der Waals surface area (Å²) in [6.45, 7) is 0.791. The van der Waals surface area contributed by atoms with Crippen LogP contribution in [0.5, 0.6) is 5.75 Å². The van der Waals surface area contributed by atoms with Gasteiger partial charge in [-0.25, -0.2) is 9.97 Å². The van der Waals surface area contributed by atoms with E-state index in [-0.39, 0.29) is 0 Å². The van der Waals surface area contributed by atoms with Crippen LogP contribution in [0.1, 0.15) is 17.5 Å². The Labute approximate surface area is 175 Å². The number of nitrogens with one attached hydrogen (secondary N) is 1. The second-order valence-electron chi connectivity index (χ2n) is 7.23. The zero-order valence-electron chi connectivity index (χ0n) is 16.8. The van der Waals surface area contributed by atoms with Crippen LogP contribution in [-0.4, -0.2) is 29.5 Å². The minimum atomic E-state index is 0.621. The molecule has 0 radical (unpaired) electrons. The number of aryl methyl sites for hydroxylation is 1. The summed E-state index contributed by atoms with van der Waals surface area (Å²) in [5, 5.41) is 4.48. The van der Waals surface area contributed by atoms with E-state index in [4.69, 9.17) is 19.7 Å². The monoisotopic (exact) mass is 394 g/mol. The van der Waals surface area contributed by atoms with Crippen LogP contribution in [0.25, 0.3) is 22.3 Å². The SMILES string of the molecule is COc1ccccc1-c1nc(NC2=NCCCc3ccccc32)c2ccccc2n1. The zero-order valence-corrected chi connectivity index (χ0v) is 16.8. The first-order valence-electron chi connectivity index (χ1n) is 10.1. The van der Waals surface area contributed by atoms with E-state index in [1.807, 2.05) is 48.5 Å². The first kappa shape index (κ1) is 18.3. The fraction of sp³-hybridized carbons (Fsp3) is 0.160. The summed E-state index contributed by atoms with van der Waals surface area (Å²) in [6.07, 6.45) is 2.07. The number of para-hydroxylation sites is 2. The zero-order chi connectivity index (χ0) is 20.3. The third kappa shape index (κ3) is 3.39. The fourth-order valence-corrected chi connectivity index (χ4v) is 3.86. The molecule has 0 fully saturated rings. The van der Waals surface area contributed by atoms with Gasteiger partial charge < -0.3 is 10.1 Å². The predicted molar refractivity (Wildman–Crippen MR) is 121 cm³/mol. The molecule has 0 saturated carbocycles. The topological polar surface area (TPSA) is 59.4 Å². The summed E-state index contributed by atoms with van der Waals surface area (Å²) in [6, 6.07) is 24.3. The van der Waals surface area contributed by atoms with Crippen molar-refractivity contribution in [2.75, 3.05) is 19.0 Å². The molecule has 0 aliphatic carbocycles. The summed E-state index contributed by atoms with van der Waals surface area (Å²) in [4.78, 5) is 14.5. The Kier molecular flexibility index (Phi) is 4.85. The Balaban J connectivity index is 1.65. The maximum Gasteiger partial charge on any atom is 0.165 e. The molecule has 148 valence electrons. The molecule has 0 amide bonds. The molecule has 0 unspecified atom stereocenters. The molecule has 30 heavy (non-hydrogen) atoms. The normalized spacial score (nSPS) is 13.3. The predicted octanol–water partition coefficient (Wildman–Crippen LogP) is 5.11. The molecule has 1 aliphatic heterocycles. The van der Waals surface area contributed by atoms with Crippen molar-refractivity contribution in [3.05, 3.63) is 83.9 Å². The number of aliphatic imine (C=N–C) groups is 1. The van der Waals surface area contributed by atoms with Gasteiger partial charge in [0.1, 0.15) is 17.4 Å². The molecule has 0 spiro atoms. The Morgan fingerprint density at radius 2 is 1.60 bits per heavy atom. The lowest BCUT2D eigenvalue weighted by Gasteiger charge is -2.15. The summed E-state index contributed by atoms with van der Waals surface area (Å²) in [7, 11) is 1.66. The van der Waals surface area contributed by atoms with Crippen molar-refractivity contribution in [1.82, 2.24) is 9.97 Å². The van der Waals surface area contributed by atoms with E-state index in [2.05, 4.69) is 29.6 Å². The third-order valence-electron chi connectivity index (χ3n) is 5.33. The first-order valence-corrected chi connectivity index (χ1v) is 10.1. The Hall–Kier alpha value is -3.73. The van der Waals surface area contributed by atoms with E-state index in [1.54, 1.807) is 7.11 Å².